The molecule has 2 aliphatic heterocycles. The molecule has 0 aliphatic carbocycles. The Morgan fingerprint density at radius 2 is 1.53 bits per heavy atom. The van der Waals surface area contributed by atoms with Gasteiger partial charge in [0, 0.05) is 32.5 Å². The van der Waals surface area contributed by atoms with Crippen LogP contribution in [0.3, 0.4) is 0 Å². The number of rotatable bonds is 14. The number of aliphatic hydroxyl groups excluding tert-OH is 2. The van der Waals surface area contributed by atoms with Gasteiger partial charge in [0.05, 0.1) is 0 Å². The summed E-state index contributed by atoms with van der Waals surface area (Å²) in [6, 6.07) is 0. The number of hydrogen-bond donors (Lipinski definition) is 2. The van der Waals surface area contributed by atoms with Crippen LogP contribution in [0.25, 0.3) is 0 Å². The van der Waals surface area contributed by atoms with E-state index in [4.69, 9.17) is 0 Å². The molecule has 0 saturated heterocycles. The Morgan fingerprint density at radius 1 is 0.906 bits per heavy atom. The summed E-state index contributed by atoms with van der Waals surface area (Å²) in [6.07, 6.45) is 17.7. The molecule has 6 heteroatoms. The lowest BCUT2D eigenvalue weighted by Crippen LogP contribution is -2.19. The first-order chi connectivity index (χ1) is 15.1. The molecule has 0 aromatic rings. The second kappa shape index (κ2) is 13.0. The van der Waals surface area contributed by atoms with Crippen LogP contribution in [-0.2, 0) is 22.4 Å². The maximum Gasteiger partial charge on any atom is 0.149 e. The van der Waals surface area contributed by atoms with Crippen LogP contribution in [-0.4, -0.2) is 43.0 Å². The third-order valence-electron chi connectivity index (χ3n) is 6.72. The normalized spacial score (nSPS) is 26.8. The van der Waals surface area contributed by atoms with Crippen LogP contribution in [0.1, 0.15) is 91.9 Å². The van der Waals surface area contributed by atoms with E-state index < -0.39 is 22.4 Å². The van der Waals surface area contributed by atoms with E-state index in [1.165, 1.54) is 0 Å². The highest BCUT2D eigenvalue weighted by molar-refractivity contribution is 7.96. The van der Waals surface area contributed by atoms with Gasteiger partial charge < -0.3 is 19.3 Å². The highest BCUT2D eigenvalue weighted by Crippen LogP contribution is 2.34. The summed E-state index contributed by atoms with van der Waals surface area (Å²) in [5.74, 6) is 0. The van der Waals surface area contributed by atoms with E-state index in [1.807, 2.05) is 12.2 Å². The summed E-state index contributed by atoms with van der Waals surface area (Å²) in [7, 11) is 0. The van der Waals surface area contributed by atoms with Gasteiger partial charge in [-0.15, -0.1) is 0 Å². The second-order valence-corrected chi connectivity index (χ2v) is 14.4. The molecule has 0 amide bonds. The Hall–Kier alpha value is -0.240. The number of aliphatic hydroxyl groups is 2. The molecular weight excluding hydrogens is 440 g/mol. The maximum atomic E-state index is 12.8. The molecule has 2 aliphatic rings. The van der Waals surface area contributed by atoms with Crippen molar-refractivity contribution in [3.05, 3.63) is 34.1 Å². The quantitative estimate of drug-likeness (QED) is 0.251. The highest BCUT2D eigenvalue weighted by atomic mass is 32.2. The third-order valence-corrected chi connectivity index (χ3v) is 10.3. The summed E-state index contributed by atoms with van der Waals surface area (Å²) in [4.78, 5) is 1.94. The molecular formula is C26H44O4S2. The Bertz CT molecular complexity index is 669. The van der Waals surface area contributed by atoms with Gasteiger partial charge in [-0.05, 0) is 89.6 Å². The van der Waals surface area contributed by atoms with Gasteiger partial charge in [0.25, 0.3) is 0 Å². The average Bonchev–Trinajstić information content (AvgIpc) is 3.29. The van der Waals surface area contributed by atoms with Crippen LogP contribution >= 0.6 is 0 Å². The summed E-state index contributed by atoms with van der Waals surface area (Å²) in [5.41, 5.74) is -0.0617. The Labute approximate surface area is 202 Å². The van der Waals surface area contributed by atoms with Gasteiger partial charge in [0.1, 0.15) is 20.3 Å². The minimum absolute atomic E-state index is 0.00320. The molecule has 32 heavy (non-hydrogen) atoms. The molecule has 2 rings (SSSR count). The van der Waals surface area contributed by atoms with Crippen molar-refractivity contribution in [2.75, 3.05) is 13.2 Å². The van der Waals surface area contributed by atoms with Gasteiger partial charge in [-0.3, -0.25) is 0 Å². The van der Waals surface area contributed by atoms with Crippen molar-refractivity contribution in [1.29, 1.82) is 0 Å². The molecule has 0 radical (unpaired) electrons. The second-order valence-electron chi connectivity index (χ2n) is 11.0. The molecule has 184 valence electrons. The Balaban J connectivity index is 1.70. The zero-order valence-electron chi connectivity index (χ0n) is 20.5. The molecule has 0 bridgehead atoms. The van der Waals surface area contributed by atoms with E-state index in [0.29, 0.717) is 0 Å². The van der Waals surface area contributed by atoms with Gasteiger partial charge in [-0.25, -0.2) is 0 Å². The first-order valence-corrected chi connectivity index (χ1v) is 14.6. The van der Waals surface area contributed by atoms with Crippen LogP contribution in [0.5, 0.6) is 0 Å². The van der Waals surface area contributed by atoms with E-state index in [1.54, 1.807) is 0 Å². The lowest BCUT2D eigenvalue weighted by molar-refractivity contribution is 0.147. The predicted molar refractivity (Wildman–Crippen MR) is 137 cm³/mol. The Kier molecular flexibility index (Phi) is 11.4. The van der Waals surface area contributed by atoms with Crippen molar-refractivity contribution in [3.63, 3.8) is 0 Å². The summed E-state index contributed by atoms with van der Waals surface area (Å²) in [5, 5.41) is 18.9. The molecule has 4 unspecified atom stereocenters. The van der Waals surface area contributed by atoms with E-state index >= 15 is 0 Å². The van der Waals surface area contributed by atoms with Gasteiger partial charge in [0.15, 0.2) is 0 Å². The number of allylic oxidation sites excluding steroid dienone is 4. The van der Waals surface area contributed by atoms with Gasteiger partial charge in [0.2, 0.25) is 0 Å². The number of hydrogen-bond acceptors (Lipinski definition) is 4. The van der Waals surface area contributed by atoms with Crippen LogP contribution in [0.2, 0.25) is 0 Å². The zero-order chi connectivity index (χ0) is 23.8. The third kappa shape index (κ3) is 8.84. The topological polar surface area (TPSA) is 86.6 Å². The van der Waals surface area contributed by atoms with Gasteiger partial charge >= 0.3 is 0 Å². The lowest BCUT2D eigenvalue weighted by Gasteiger charge is -2.21. The zero-order valence-corrected chi connectivity index (χ0v) is 22.1. The predicted octanol–water partition coefficient (Wildman–Crippen LogP) is 5.51. The fourth-order valence-electron chi connectivity index (χ4n) is 4.17. The monoisotopic (exact) mass is 484 g/mol. The van der Waals surface area contributed by atoms with Crippen LogP contribution < -0.4 is 0 Å². The van der Waals surface area contributed by atoms with Gasteiger partial charge in [-0.2, -0.15) is 0 Å². The van der Waals surface area contributed by atoms with Gasteiger partial charge in [-0.1, -0.05) is 40.5 Å². The molecule has 2 N–H and O–H groups in total. The largest absolute Gasteiger partial charge is 0.611 e. The molecule has 0 spiro atoms. The van der Waals surface area contributed by atoms with Crippen LogP contribution in [0.15, 0.2) is 34.1 Å². The average molecular weight is 485 g/mol. The summed E-state index contributed by atoms with van der Waals surface area (Å²) >= 11 is -1.95. The molecule has 0 aromatic heterocycles. The smallest absolute Gasteiger partial charge is 0.149 e. The Morgan fingerprint density at radius 3 is 2.16 bits per heavy atom. The first kappa shape index (κ1) is 28.0. The summed E-state index contributed by atoms with van der Waals surface area (Å²) in [6.45, 7) is 8.72. The molecule has 4 nitrogen and oxygen atoms in total. The fraction of sp³-hybridized carbons (Fsp3) is 0.769. The molecule has 0 fully saturated rings. The maximum absolute atomic E-state index is 12.8. The van der Waals surface area contributed by atoms with E-state index in [9.17, 15) is 19.3 Å². The van der Waals surface area contributed by atoms with Crippen LogP contribution in [0, 0.1) is 10.8 Å². The van der Waals surface area contributed by atoms with E-state index in [0.717, 1.165) is 74.0 Å². The standard InChI is InChI=1S/C26H44O4S2/c1-25(2,19-27)17-7-5-9-21-11-13-23(31(21)29)15-16-24-14-12-22(32(24)30)10-6-8-18-26(3,4)20-28/h11,14-16,22-23,27-28H,5-10,12-13,17-20H2,1-4H3. The minimum atomic E-state index is -0.982. The number of unbranched alkanes of at least 4 members (excludes halogenated alkanes) is 2. The SMILES string of the molecule is CC(C)(CO)CCCCC1=CCC(C=CC2=CCC(CCCCC(C)(C)CO)[S+]2[O-])[S+]1[O-]. The van der Waals surface area contributed by atoms with Crippen LogP contribution in [0.4, 0.5) is 0 Å². The molecule has 2 heterocycles. The van der Waals surface area contributed by atoms with Crippen molar-refractivity contribution in [2.24, 2.45) is 10.8 Å². The molecule has 0 saturated carbocycles. The van der Waals surface area contributed by atoms with Crippen molar-refractivity contribution in [3.8, 4) is 0 Å². The van der Waals surface area contributed by atoms with Crippen molar-refractivity contribution in [1.82, 2.24) is 0 Å². The minimum Gasteiger partial charge on any atom is -0.611 e. The van der Waals surface area contributed by atoms with E-state index in [-0.39, 0.29) is 34.5 Å². The van der Waals surface area contributed by atoms with Crippen molar-refractivity contribution < 1.29 is 19.3 Å². The van der Waals surface area contributed by atoms with Crippen molar-refractivity contribution in [2.45, 2.75) is 102 Å². The van der Waals surface area contributed by atoms with E-state index in [2.05, 4.69) is 39.8 Å². The molecule has 0 aromatic carbocycles. The molecule has 4 atom stereocenters. The fourth-order valence-corrected chi connectivity index (χ4v) is 7.17. The highest BCUT2D eigenvalue weighted by Gasteiger charge is 2.33. The lowest BCUT2D eigenvalue weighted by atomic mass is 9.88. The van der Waals surface area contributed by atoms with Crippen molar-refractivity contribution >= 4 is 22.4 Å². The summed E-state index contributed by atoms with van der Waals surface area (Å²) < 4.78 is 25.7. The first-order valence-electron chi connectivity index (χ1n) is 12.2.